The second-order valence-corrected chi connectivity index (χ2v) is 4.20. The van der Waals surface area contributed by atoms with E-state index in [1.54, 1.807) is 0 Å². The number of nitrogen functional groups attached to an aromatic ring is 1. The molecule has 0 atom stereocenters. The fourth-order valence-corrected chi connectivity index (χ4v) is 1.97. The van der Waals surface area contributed by atoms with E-state index in [0.29, 0.717) is 5.75 Å². The molecule has 1 aromatic heterocycles. The van der Waals surface area contributed by atoms with Crippen LogP contribution in [0.1, 0.15) is 5.69 Å². The van der Waals surface area contributed by atoms with Gasteiger partial charge in [0.15, 0.2) is 5.69 Å². The Labute approximate surface area is 115 Å². The molecule has 2 aromatic carbocycles. The number of hydrogen-bond acceptors (Lipinski definition) is 4. The molecule has 0 amide bonds. The topological polar surface area (TPSA) is 84.9 Å². The lowest BCUT2D eigenvalue weighted by Gasteiger charge is -2.10. The van der Waals surface area contributed by atoms with Crippen molar-refractivity contribution in [2.75, 3.05) is 0 Å². The lowest BCUT2D eigenvalue weighted by molar-refractivity contribution is 0.464. The quantitative estimate of drug-likeness (QED) is 0.562. The Morgan fingerprint density at radius 1 is 1.00 bits per heavy atom. The van der Waals surface area contributed by atoms with Gasteiger partial charge in [-0.1, -0.05) is 36.4 Å². The van der Waals surface area contributed by atoms with E-state index in [-0.39, 0.29) is 17.4 Å². The van der Waals surface area contributed by atoms with Crippen molar-refractivity contribution >= 4 is 16.6 Å². The van der Waals surface area contributed by atoms with E-state index in [1.165, 1.54) is 12.4 Å². The van der Waals surface area contributed by atoms with Gasteiger partial charge < -0.3 is 10.5 Å². The van der Waals surface area contributed by atoms with Crippen LogP contribution in [-0.2, 0) is 0 Å². The van der Waals surface area contributed by atoms with E-state index in [0.717, 1.165) is 10.8 Å². The van der Waals surface area contributed by atoms with Gasteiger partial charge in [-0.2, -0.15) is 0 Å². The highest BCUT2D eigenvalue weighted by atomic mass is 16.5. The standard InChI is InChI=1S/C15H12N4O/c16-14(17)13-15(19-9-8-18-13)20-12-7-3-5-10-4-1-2-6-11(10)12/h1-9H,(H3,16,17). The van der Waals surface area contributed by atoms with Crippen molar-refractivity contribution in [3.8, 4) is 11.6 Å². The molecular weight excluding hydrogens is 252 g/mol. The summed E-state index contributed by atoms with van der Waals surface area (Å²) >= 11 is 0. The zero-order valence-corrected chi connectivity index (χ0v) is 10.6. The highest BCUT2D eigenvalue weighted by molar-refractivity contribution is 5.95. The zero-order valence-electron chi connectivity index (χ0n) is 10.6. The summed E-state index contributed by atoms with van der Waals surface area (Å²) in [5.41, 5.74) is 5.72. The third-order valence-corrected chi connectivity index (χ3v) is 2.88. The normalized spacial score (nSPS) is 10.4. The van der Waals surface area contributed by atoms with Gasteiger partial charge in [-0.05, 0) is 11.5 Å². The van der Waals surface area contributed by atoms with Crippen molar-refractivity contribution in [2.45, 2.75) is 0 Å². The van der Waals surface area contributed by atoms with Crippen LogP contribution in [0.2, 0.25) is 0 Å². The molecule has 0 fully saturated rings. The average Bonchev–Trinajstić information content (AvgIpc) is 2.48. The Morgan fingerprint density at radius 2 is 1.75 bits per heavy atom. The molecule has 0 unspecified atom stereocenters. The maximum Gasteiger partial charge on any atom is 0.249 e. The van der Waals surface area contributed by atoms with Crippen LogP contribution in [0.4, 0.5) is 0 Å². The number of nitrogens with zero attached hydrogens (tertiary/aromatic N) is 2. The number of hydrogen-bond donors (Lipinski definition) is 2. The number of rotatable bonds is 3. The predicted octanol–water partition coefficient (Wildman–Crippen LogP) is 2.71. The Morgan fingerprint density at radius 3 is 2.60 bits per heavy atom. The van der Waals surface area contributed by atoms with Crippen LogP contribution < -0.4 is 10.5 Å². The SMILES string of the molecule is N=C(N)c1nccnc1Oc1cccc2ccccc12. The first-order valence-corrected chi connectivity index (χ1v) is 6.07. The Kier molecular flexibility index (Phi) is 3.01. The molecule has 3 N–H and O–H groups in total. The molecule has 0 aliphatic rings. The van der Waals surface area contributed by atoms with E-state index in [4.69, 9.17) is 15.9 Å². The monoisotopic (exact) mass is 264 g/mol. The predicted molar refractivity (Wildman–Crippen MR) is 77.1 cm³/mol. The molecule has 0 aliphatic carbocycles. The molecular formula is C15H12N4O. The van der Waals surface area contributed by atoms with Crippen LogP contribution in [0, 0.1) is 5.41 Å². The fraction of sp³-hybridized carbons (Fsp3) is 0. The summed E-state index contributed by atoms with van der Waals surface area (Å²) < 4.78 is 5.79. The molecule has 3 aromatic rings. The van der Waals surface area contributed by atoms with Crippen molar-refractivity contribution < 1.29 is 4.74 Å². The smallest absolute Gasteiger partial charge is 0.249 e. The van der Waals surface area contributed by atoms with E-state index in [9.17, 15) is 0 Å². The summed E-state index contributed by atoms with van der Waals surface area (Å²) in [6.07, 6.45) is 2.99. The summed E-state index contributed by atoms with van der Waals surface area (Å²) in [5.74, 6) is 0.718. The maximum absolute atomic E-state index is 7.50. The number of nitrogens with two attached hydrogens (primary N) is 1. The summed E-state index contributed by atoms with van der Waals surface area (Å²) in [6, 6.07) is 13.6. The molecule has 0 saturated heterocycles. The van der Waals surface area contributed by atoms with Crippen molar-refractivity contribution in [1.82, 2.24) is 9.97 Å². The molecule has 0 spiro atoms. The first-order chi connectivity index (χ1) is 9.75. The van der Waals surface area contributed by atoms with E-state index in [1.807, 2.05) is 42.5 Å². The lowest BCUT2D eigenvalue weighted by Crippen LogP contribution is -2.15. The Balaban J connectivity index is 2.08. The van der Waals surface area contributed by atoms with Crippen molar-refractivity contribution in [2.24, 2.45) is 5.73 Å². The van der Waals surface area contributed by atoms with Crippen LogP contribution in [0.3, 0.4) is 0 Å². The first kappa shape index (κ1) is 12.1. The van der Waals surface area contributed by atoms with Crippen LogP contribution in [0.5, 0.6) is 11.6 Å². The van der Waals surface area contributed by atoms with Gasteiger partial charge in [-0.3, -0.25) is 5.41 Å². The van der Waals surface area contributed by atoms with Gasteiger partial charge in [0, 0.05) is 17.8 Å². The largest absolute Gasteiger partial charge is 0.436 e. The molecule has 98 valence electrons. The van der Waals surface area contributed by atoms with E-state index < -0.39 is 0 Å². The molecule has 20 heavy (non-hydrogen) atoms. The molecule has 5 nitrogen and oxygen atoms in total. The van der Waals surface area contributed by atoms with Crippen LogP contribution in [-0.4, -0.2) is 15.8 Å². The van der Waals surface area contributed by atoms with Crippen molar-refractivity contribution in [1.29, 1.82) is 5.41 Å². The Bertz CT molecular complexity index is 780. The molecule has 0 bridgehead atoms. The minimum Gasteiger partial charge on any atom is -0.436 e. The number of fused-ring (bicyclic) bond motifs is 1. The first-order valence-electron chi connectivity index (χ1n) is 6.07. The fourth-order valence-electron chi connectivity index (χ4n) is 1.97. The summed E-state index contributed by atoms with van der Waals surface area (Å²) in [7, 11) is 0. The average molecular weight is 264 g/mol. The Hall–Kier alpha value is -2.95. The zero-order chi connectivity index (χ0) is 13.9. The number of aromatic nitrogens is 2. The summed E-state index contributed by atoms with van der Waals surface area (Å²) in [6.45, 7) is 0. The van der Waals surface area contributed by atoms with E-state index in [2.05, 4.69) is 9.97 Å². The summed E-state index contributed by atoms with van der Waals surface area (Å²) in [5, 5.41) is 9.54. The van der Waals surface area contributed by atoms with Gasteiger partial charge in [0.2, 0.25) is 5.88 Å². The minimum atomic E-state index is -0.173. The molecule has 5 heteroatoms. The highest BCUT2D eigenvalue weighted by Crippen LogP contribution is 2.29. The van der Waals surface area contributed by atoms with Crippen LogP contribution in [0.25, 0.3) is 10.8 Å². The second kappa shape index (κ2) is 4.97. The van der Waals surface area contributed by atoms with Gasteiger partial charge in [0.05, 0.1) is 0 Å². The van der Waals surface area contributed by atoms with Crippen LogP contribution in [0.15, 0.2) is 54.9 Å². The number of ether oxygens (including phenoxy) is 1. The maximum atomic E-state index is 7.50. The third-order valence-electron chi connectivity index (χ3n) is 2.88. The molecule has 3 rings (SSSR count). The highest BCUT2D eigenvalue weighted by Gasteiger charge is 2.11. The molecule has 0 aliphatic heterocycles. The van der Waals surface area contributed by atoms with Crippen molar-refractivity contribution in [3.05, 3.63) is 60.6 Å². The van der Waals surface area contributed by atoms with Crippen molar-refractivity contribution in [3.63, 3.8) is 0 Å². The summed E-state index contributed by atoms with van der Waals surface area (Å²) in [4.78, 5) is 8.11. The van der Waals surface area contributed by atoms with Gasteiger partial charge in [-0.25, -0.2) is 9.97 Å². The molecule has 1 heterocycles. The second-order valence-electron chi connectivity index (χ2n) is 4.20. The van der Waals surface area contributed by atoms with E-state index >= 15 is 0 Å². The van der Waals surface area contributed by atoms with Gasteiger partial charge in [-0.15, -0.1) is 0 Å². The number of benzene rings is 2. The lowest BCUT2D eigenvalue weighted by atomic mass is 10.1. The number of nitrogens with one attached hydrogen (secondary N) is 1. The molecule has 0 saturated carbocycles. The van der Waals surface area contributed by atoms with Gasteiger partial charge in [0.25, 0.3) is 0 Å². The van der Waals surface area contributed by atoms with Gasteiger partial charge in [0.1, 0.15) is 11.6 Å². The number of amidine groups is 1. The minimum absolute atomic E-state index is 0.173. The van der Waals surface area contributed by atoms with Crippen LogP contribution >= 0.6 is 0 Å². The molecule has 0 radical (unpaired) electrons. The third kappa shape index (κ3) is 2.16. The van der Waals surface area contributed by atoms with Gasteiger partial charge >= 0.3 is 0 Å².